The maximum atomic E-state index is 11.4. The van der Waals surface area contributed by atoms with Crippen LogP contribution in [0.5, 0.6) is 5.75 Å². The van der Waals surface area contributed by atoms with Gasteiger partial charge < -0.3 is 19.0 Å². The Morgan fingerprint density at radius 2 is 1.80 bits per heavy atom. The summed E-state index contributed by atoms with van der Waals surface area (Å²) in [5.41, 5.74) is 4.57. The van der Waals surface area contributed by atoms with Crippen LogP contribution in [0, 0.1) is 20.8 Å². The second-order valence-corrected chi connectivity index (χ2v) is 7.20. The lowest BCUT2D eigenvalue weighted by molar-refractivity contribution is -0.149. The van der Waals surface area contributed by atoms with Crippen LogP contribution in [0.15, 0.2) is 46.9 Å². The Hall–Kier alpha value is -3.12. The number of carboxylic acid groups (broad SMARTS) is 1. The summed E-state index contributed by atoms with van der Waals surface area (Å²) in [5.74, 6) is 1.05. The Bertz CT molecular complexity index is 987. The largest absolute Gasteiger partial charge is 0.487 e. The van der Waals surface area contributed by atoms with E-state index in [1.807, 2.05) is 63.2 Å². The van der Waals surface area contributed by atoms with Crippen molar-refractivity contribution in [3.8, 4) is 17.2 Å². The van der Waals surface area contributed by atoms with E-state index in [0.29, 0.717) is 24.7 Å². The number of nitrogens with zero attached hydrogens (tertiary/aromatic N) is 1. The summed E-state index contributed by atoms with van der Waals surface area (Å²) < 4.78 is 17.1. The molecule has 0 aliphatic heterocycles. The molecule has 1 aromatic heterocycles. The second kappa shape index (κ2) is 9.59. The van der Waals surface area contributed by atoms with Crippen molar-refractivity contribution in [2.75, 3.05) is 6.61 Å². The maximum Gasteiger partial charge on any atom is 0.333 e. The van der Waals surface area contributed by atoms with Gasteiger partial charge in [0.25, 0.3) is 0 Å². The molecule has 0 aliphatic rings. The molecule has 0 bridgehead atoms. The molecular formula is C24H27NO5. The first kappa shape index (κ1) is 21.6. The zero-order valence-corrected chi connectivity index (χ0v) is 17.8. The lowest BCUT2D eigenvalue weighted by atomic mass is 9.97. The number of carboxylic acids is 1. The van der Waals surface area contributed by atoms with E-state index >= 15 is 0 Å². The minimum absolute atomic E-state index is 0.289. The number of oxazole rings is 1. The van der Waals surface area contributed by atoms with Crippen LogP contribution >= 0.6 is 0 Å². The highest BCUT2D eigenvalue weighted by atomic mass is 16.5. The molecule has 0 fully saturated rings. The molecule has 6 heteroatoms. The predicted molar refractivity (Wildman–Crippen MR) is 114 cm³/mol. The lowest BCUT2D eigenvalue weighted by Crippen LogP contribution is -2.27. The second-order valence-electron chi connectivity index (χ2n) is 7.20. The zero-order chi connectivity index (χ0) is 21.7. The molecule has 0 spiro atoms. The van der Waals surface area contributed by atoms with Gasteiger partial charge in [0, 0.05) is 18.6 Å². The number of aliphatic carboxylic acids is 1. The van der Waals surface area contributed by atoms with Crippen molar-refractivity contribution in [2.24, 2.45) is 0 Å². The molecular weight excluding hydrogens is 382 g/mol. The summed E-state index contributed by atoms with van der Waals surface area (Å²) >= 11 is 0. The lowest BCUT2D eigenvalue weighted by Gasteiger charge is -2.17. The summed E-state index contributed by atoms with van der Waals surface area (Å²) in [7, 11) is 0. The van der Waals surface area contributed by atoms with Crippen LogP contribution in [-0.4, -0.2) is 28.8 Å². The molecule has 0 amide bonds. The van der Waals surface area contributed by atoms with Crippen molar-refractivity contribution >= 4 is 5.97 Å². The van der Waals surface area contributed by atoms with Crippen LogP contribution in [0.2, 0.25) is 0 Å². The first-order valence-corrected chi connectivity index (χ1v) is 9.98. The molecule has 0 saturated heterocycles. The first-order chi connectivity index (χ1) is 14.4. The van der Waals surface area contributed by atoms with Gasteiger partial charge in [-0.3, -0.25) is 0 Å². The van der Waals surface area contributed by atoms with Gasteiger partial charge in [-0.05, 0) is 68.7 Å². The molecule has 0 aliphatic carbocycles. The molecule has 6 nitrogen and oxygen atoms in total. The van der Waals surface area contributed by atoms with Gasteiger partial charge >= 0.3 is 5.97 Å². The minimum Gasteiger partial charge on any atom is -0.487 e. The standard InChI is InChI=1S/C24H27NO5/c1-5-28-22(24(26)27)13-20-15(2)11-19(12-16(20)3)29-14-21-17(4)30-23(25-21)18-9-7-6-8-10-18/h6-12,22H,5,13-14H2,1-4H3,(H,26,27)/t22-/m0/s1. The monoisotopic (exact) mass is 409 g/mol. The number of benzene rings is 2. The van der Waals surface area contributed by atoms with Gasteiger partial charge in [-0.1, -0.05) is 18.2 Å². The Morgan fingerprint density at radius 1 is 1.13 bits per heavy atom. The molecule has 0 saturated carbocycles. The van der Waals surface area contributed by atoms with E-state index in [1.54, 1.807) is 6.92 Å². The van der Waals surface area contributed by atoms with E-state index in [0.717, 1.165) is 33.7 Å². The summed E-state index contributed by atoms with van der Waals surface area (Å²) in [6.45, 7) is 8.22. The average Bonchev–Trinajstić information content (AvgIpc) is 3.09. The number of aryl methyl sites for hydroxylation is 3. The Labute approximate surface area is 176 Å². The van der Waals surface area contributed by atoms with Crippen LogP contribution in [0.4, 0.5) is 0 Å². The average molecular weight is 409 g/mol. The van der Waals surface area contributed by atoms with Crippen LogP contribution < -0.4 is 4.74 Å². The number of hydrogen-bond acceptors (Lipinski definition) is 5. The zero-order valence-electron chi connectivity index (χ0n) is 17.8. The Morgan fingerprint density at radius 3 is 2.40 bits per heavy atom. The van der Waals surface area contributed by atoms with Crippen molar-refractivity contribution < 1.29 is 23.8 Å². The fourth-order valence-electron chi connectivity index (χ4n) is 3.38. The van der Waals surface area contributed by atoms with Crippen molar-refractivity contribution in [3.63, 3.8) is 0 Å². The van der Waals surface area contributed by atoms with Gasteiger partial charge in [0.15, 0.2) is 6.10 Å². The highest BCUT2D eigenvalue weighted by Gasteiger charge is 2.20. The number of rotatable bonds is 9. The quantitative estimate of drug-likeness (QED) is 0.542. The van der Waals surface area contributed by atoms with E-state index in [9.17, 15) is 9.90 Å². The first-order valence-electron chi connectivity index (χ1n) is 9.98. The highest BCUT2D eigenvalue weighted by molar-refractivity contribution is 5.73. The smallest absolute Gasteiger partial charge is 0.333 e. The Balaban J connectivity index is 1.72. The van der Waals surface area contributed by atoms with Crippen LogP contribution in [-0.2, 0) is 22.6 Å². The third-order valence-corrected chi connectivity index (χ3v) is 4.99. The number of carbonyl (C=O) groups is 1. The van der Waals surface area contributed by atoms with Crippen LogP contribution in [0.3, 0.4) is 0 Å². The molecule has 3 rings (SSSR count). The molecule has 1 N–H and O–H groups in total. The van der Waals surface area contributed by atoms with Gasteiger partial charge in [-0.2, -0.15) is 0 Å². The third-order valence-electron chi connectivity index (χ3n) is 4.99. The topological polar surface area (TPSA) is 81.8 Å². The number of hydrogen-bond donors (Lipinski definition) is 1. The van der Waals surface area contributed by atoms with E-state index in [2.05, 4.69) is 4.98 Å². The fourth-order valence-corrected chi connectivity index (χ4v) is 3.38. The van der Waals surface area contributed by atoms with E-state index in [4.69, 9.17) is 13.9 Å². The van der Waals surface area contributed by atoms with Crippen molar-refractivity contribution in [1.82, 2.24) is 4.98 Å². The van der Waals surface area contributed by atoms with Gasteiger partial charge in [0.2, 0.25) is 5.89 Å². The fraction of sp³-hybridized carbons (Fsp3) is 0.333. The molecule has 30 heavy (non-hydrogen) atoms. The highest BCUT2D eigenvalue weighted by Crippen LogP contribution is 2.26. The molecule has 2 aromatic carbocycles. The summed E-state index contributed by atoms with van der Waals surface area (Å²) in [6, 6.07) is 13.6. The maximum absolute atomic E-state index is 11.4. The predicted octanol–water partition coefficient (Wildman–Crippen LogP) is 4.88. The Kier molecular flexibility index (Phi) is 6.90. The number of ether oxygens (including phenoxy) is 2. The van der Waals surface area contributed by atoms with Gasteiger partial charge in [-0.15, -0.1) is 0 Å². The summed E-state index contributed by atoms with van der Waals surface area (Å²) in [6.07, 6.45) is -0.530. The van der Waals surface area contributed by atoms with Crippen molar-refractivity contribution in [1.29, 1.82) is 0 Å². The van der Waals surface area contributed by atoms with Crippen LogP contribution in [0.1, 0.15) is 35.1 Å². The molecule has 3 aromatic rings. The van der Waals surface area contributed by atoms with E-state index in [-0.39, 0.29) is 6.61 Å². The van der Waals surface area contributed by atoms with Gasteiger partial charge in [0.05, 0.1) is 0 Å². The summed E-state index contributed by atoms with van der Waals surface area (Å²) in [4.78, 5) is 16.0. The number of aromatic nitrogens is 1. The molecule has 158 valence electrons. The molecule has 0 unspecified atom stereocenters. The minimum atomic E-state index is -0.952. The molecule has 0 radical (unpaired) electrons. The van der Waals surface area contributed by atoms with E-state index in [1.165, 1.54) is 0 Å². The van der Waals surface area contributed by atoms with Gasteiger partial charge in [0.1, 0.15) is 23.8 Å². The molecule has 1 atom stereocenters. The third kappa shape index (κ3) is 5.07. The van der Waals surface area contributed by atoms with E-state index < -0.39 is 12.1 Å². The van der Waals surface area contributed by atoms with Crippen LogP contribution in [0.25, 0.3) is 11.5 Å². The molecule has 1 heterocycles. The normalized spacial score (nSPS) is 12.0. The SMILES string of the molecule is CCO[C@@H](Cc1c(C)cc(OCc2nc(-c3ccccc3)oc2C)cc1C)C(=O)O. The van der Waals surface area contributed by atoms with Gasteiger partial charge in [-0.25, -0.2) is 9.78 Å². The van der Waals surface area contributed by atoms with Crippen molar-refractivity contribution in [3.05, 3.63) is 70.6 Å². The summed E-state index contributed by atoms with van der Waals surface area (Å²) in [5, 5.41) is 9.36. The van der Waals surface area contributed by atoms with Crippen molar-refractivity contribution in [2.45, 2.75) is 46.8 Å².